The molecule has 3 aromatic heterocycles. The van der Waals surface area contributed by atoms with E-state index < -0.39 is 24.2 Å². The molecule has 2 amide bonds. The molecule has 3 atom stereocenters. The lowest BCUT2D eigenvalue weighted by Crippen LogP contribution is -2.29. The molecular weight excluding hydrogens is 564 g/mol. The summed E-state index contributed by atoms with van der Waals surface area (Å²) in [5, 5.41) is 21.1. The number of aromatic nitrogens is 5. The van der Waals surface area contributed by atoms with Crippen LogP contribution in [-0.4, -0.2) is 48.8 Å². The Hall–Kier alpha value is -3.49. The normalized spacial score (nSPS) is 24.7. The molecule has 41 heavy (non-hydrogen) atoms. The zero-order valence-corrected chi connectivity index (χ0v) is 22.9. The van der Waals surface area contributed by atoms with Gasteiger partial charge in [-0.05, 0) is 49.5 Å². The highest BCUT2D eigenvalue weighted by Crippen LogP contribution is 2.70. The van der Waals surface area contributed by atoms with E-state index in [9.17, 15) is 27.2 Å². The standard InChI is InChI=1S/C26H28F4N8O2S/c1-37-18(7-16(36-37)20(27)28)33-24-35-32-11-38(24)13-2-3-17-14(6-13)19(22(40)31-10-12-8-26(12,29)30)23(41-17)34-21(39)15-9-25(15)4-5-25/h7,11-13,15,20H,2-6,8-10H2,1H3,(H,31,40)(H,33,35)(H,34,39)/t12-,13?,15+/m0/s1. The van der Waals surface area contributed by atoms with Crippen LogP contribution in [0, 0.1) is 17.3 Å². The molecule has 3 saturated carbocycles. The van der Waals surface area contributed by atoms with E-state index >= 15 is 0 Å². The van der Waals surface area contributed by atoms with Crippen molar-refractivity contribution in [3.05, 3.63) is 34.1 Å². The summed E-state index contributed by atoms with van der Waals surface area (Å²) in [7, 11) is 1.54. The van der Waals surface area contributed by atoms with E-state index in [2.05, 4.69) is 31.2 Å². The third-order valence-corrected chi connectivity index (χ3v) is 10.1. The Morgan fingerprint density at radius 2 is 2.02 bits per heavy atom. The molecule has 4 aliphatic carbocycles. The number of nitrogens with one attached hydrogen (secondary N) is 3. The maximum Gasteiger partial charge on any atom is 0.282 e. The Bertz CT molecular complexity index is 1540. The fourth-order valence-electron chi connectivity index (χ4n) is 5.98. The zero-order chi connectivity index (χ0) is 28.7. The van der Waals surface area contributed by atoms with Gasteiger partial charge < -0.3 is 16.0 Å². The second-order valence-corrected chi connectivity index (χ2v) is 12.8. The molecule has 15 heteroatoms. The molecule has 0 aliphatic heterocycles. The second-order valence-electron chi connectivity index (χ2n) is 11.7. The summed E-state index contributed by atoms with van der Waals surface area (Å²) in [6, 6.07) is 1.06. The van der Waals surface area contributed by atoms with Gasteiger partial charge in [-0.1, -0.05) is 0 Å². The minimum absolute atomic E-state index is 0.0429. The van der Waals surface area contributed by atoms with Gasteiger partial charge in [0, 0.05) is 48.8 Å². The van der Waals surface area contributed by atoms with Crippen molar-refractivity contribution in [1.29, 1.82) is 0 Å². The van der Waals surface area contributed by atoms with Gasteiger partial charge in [0.15, 0.2) is 0 Å². The molecular formula is C26H28F4N8O2S. The van der Waals surface area contributed by atoms with Gasteiger partial charge in [-0.3, -0.25) is 18.8 Å². The number of alkyl halides is 4. The third-order valence-electron chi connectivity index (χ3n) is 8.89. The Morgan fingerprint density at radius 3 is 2.68 bits per heavy atom. The fourth-order valence-corrected chi connectivity index (χ4v) is 7.23. The van der Waals surface area contributed by atoms with E-state index in [4.69, 9.17) is 0 Å². The third kappa shape index (κ3) is 4.77. The molecule has 1 spiro atoms. The van der Waals surface area contributed by atoms with Crippen LogP contribution in [0.15, 0.2) is 12.4 Å². The summed E-state index contributed by atoms with van der Waals surface area (Å²) in [6.45, 7) is -0.135. The first kappa shape index (κ1) is 26.4. The highest BCUT2D eigenvalue weighted by atomic mass is 32.1. The SMILES string of the molecule is Cn1nc(C(F)F)cc1Nc1nncn1C1CCc2sc(NC(=O)[C@H]3CC34CC4)c(C(=O)NC[C@@H]3CC3(F)F)c2C1. The molecule has 218 valence electrons. The van der Waals surface area contributed by atoms with Crippen molar-refractivity contribution >= 4 is 39.9 Å². The minimum atomic E-state index is -2.75. The van der Waals surface area contributed by atoms with Crippen LogP contribution >= 0.6 is 11.3 Å². The number of thiophene rings is 1. The van der Waals surface area contributed by atoms with Crippen molar-refractivity contribution < 1.29 is 27.2 Å². The second kappa shape index (κ2) is 9.26. The van der Waals surface area contributed by atoms with E-state index in [0.29, 0.717) is 41.6 Å². The first-order chi connectivity index (χ1) is 19.5. The summed E-state index contributed by atoms with van der Waals surface area (Å²) in [5.41, 5.74) is 0.870. The number of hydrogen-bond donors (Lipinski definition) is 3. The molecule has 3 aromatic rings. The molecule has 3 fully saturated rings. The average molecular weight is 593 g/mol. The summed E-state index contributed by atoms with van der Waals surface area (Å²) >= 11 is 1.37. The van der Waals surface area contributed by atoms with Crippen molar-refractivity contribution in [2.24, 2.45) is 24.3 Å². The number of rotatable bonds is 9. The highest BCUT2D eigenvalue weighted by molar-refractivity contribution is 7.17. The molecule has 3 N–H and O–H groups in total. The Morgan fingerprint density at radius 1 is 1.24 bits per heavy atom. The number of aryl methyl sites for hydroxylation is 2. The van der Waals surface area contributed by atoms with Gasteiger partial charge in [-0.25, -0.2) is 17.6 Å². The van der Waals surface area contributed by atoms with Crippen LogP contribution in [-0.2, 0) is 24.7 Å². The topological polar surface area (TPSA) is 119 Å². The molecule has 10 nitrogen and oxygen atoms in total. The van der Waals surface area contributed by atoms with E-state index in [1.165, 1.54) is 35.5 Å². The smallest absolute Gasteiger partial charge is 0.282 e. The molecule has 3 heterocycles. The molecule has 7 rings (SSSR count). The average Bonchev–Trinajstić information content (AvgIpc) is 3.83. The number of amides is 2. The van der Waals surface area contributed by atoms with Crippen molar-refractivity contribution in [2.45, 2.75) is 63.3 Å². The van der Waals surface area contributed by atoms with Gasteiger partial charge in [-0.15, -0.1) is 21.5 Å². The molecule has 0 bridgehead atoms. The van der Waals surface area contributed by atoms with Gasteiger partial charge in [0.2, 0.25) is 11.9 Å². The van der Waals surface area contributed by atoms with Crippen LogP contribution in [0.1, 0.15) is 71.1 Å². The van der Waals surface area contributed by atoms with Gasteiger partial charge in [0.05, 0.1) is 5.56 Å². The number of carbonyl (C=O) groups is 2. The van der Waals surface area contributed by atoms with Crippen LogP contribution in [0.25, 0.3) is 0 Å². The maximum atomic E-state index is 13.5. The van der Waals surface area contributed by atoms with Crippen molar-refractivity contribution in [3.63, 3.8) is 0 Å². The summed E-state index contributed by atoms with van der Waals surface area (Å²) in [6.07, 6.45) is 3.25. The minimum Gasteiger partial charge on any atom is -0.351 e. The predicted molar refractivity (Wildman–Crippen MR) is 141 cm³/mol. The molecule has 0 radical (unpaired) electrons. The molecule has 4 aliphatic rings. The van der Waals surface area contributed by atoms with Gasteiger partial charge in [0.25, 0.3) is 18.3 Å². The van der Waals surface area contributed by atoms with Crippen LogP contribution in [0.3, 0.4) is 0 Å². The van der Waals surface area contributed by atoms with E-state index in [0.717, 1.165) is 29.7 Å². The first-order valence-electron chi connectivity index (χ1n) is 13.6. The number of anilines is 3. The van der Waals surface area contributed by atoms with Gasteiger partial charge in [0.1, 0.15) is 22.8 Å². The lowest BCUT2D eigenvalue weighted by molar-refractivity contribution is -0.117. The van der Waals surface area contributed by atoms with Crippen LogP contribution < -0.4 is 16.0 Å². The van der Waals surface area contributed by atoms with E-state index in [1.807, 2.05) is 0 Å². The first-order valence-corrected chi connectivity index (χ1v) is 14.5. The zero-order valence-electron chi connectivity index (χ0n) is 22.1. The Kier molecular flexibility index (Phi) is 5.97. The maximum absolute atomic E-state index is 13.5. The lowest BCUT2D eigenvalue weighted by Gasteiger charge is -2.25. The fraction of sp³-hybridized carbons (Fsp3) is 0.577. The Balaban J connectivity index is 1.14. The monoisotopic (exact) mass is 592 g/mol. The Labute approximate surface area is 235 Å². The van der Waals surface area contributed by atoms with Crippen molar-refractivity contribution in [3.8, 4) is 0 Å². The highest BCUT2D eigenvalue weighted by Gasteiger charge is 2.65. The molecule has 1 unspecified atom stereocenters. The van der Waals surface area contributed by atoms with E-state index in [-0.39, 0.29) is 41.9 Å². The van der Waals surface area contributed by atoms with Gasteiger partial charge >= 0.3 is 0 Å². The predicted octanol–water partition coefficient (Wildman–Crippen LogP) is 4.61. The number of nitrogens with zero attached hydrogens (tertiary/aromatic N) is 5. The lowest BCUT2D eigenvalue weighted by atomic mass is 9.91. The largest absolute Gasteiger partial charge is 0.351 e. The van der Waals surface area contributed by atoms with Crippen LogP contribution in [0.2, 0.25) is 0 Å². The van der Waals surface area contributed by atoms with Crippen LogP contribution in [0.5, 0.6) is 0 Å². The van der Waals surface area contributed by atoms with E-state index in [1.54, 1.807) is 4.57 Å². The number of fused-ring (bicyclic) bond motifs is 1. The number of carbonyl (C=O) groups excluding carboxylic acids is 2. The van der Waals surface area contributed by atoms with Crippen molar-refractivity contribution in [2.75, 3.05) is 17.2 Å². The van der Waals surface area contributed by atoms with Crippen LogP contribution in [0.4, 0.5) is 34.3 Å². The molecule has 0 saturated heterocycles. The summed E-state index contributed by atoms with van der Waals surface area (Å²) < 4.78 is 56.3. The summed E-state index contributed by atoms with van der Waals surface area (Å²) in [5.74, 6) is -3.60. The number of hydrogen-bond acceptors (Lipinski definition) is 7. The number of halogens is 4. The molecule has 0 aromatic carbocycles. The van der Waals surface area contributed by atoms with Gasteiger partial charge in [-0.2, -0.15) is 5.10 Å². The quantitative estimate of drug-likeness (QED) is 0.313. The summed E-state index contributed by atoms with van der Waals surface area (Å²) in [4.78, 5) is 27.4. The van der Waals surface area contributed by atoms with Crippen molar-refractivity contribution in [1.82, 2.24) is 29.9 Å².